The lowest BCUT2D eigenvalue weighted by Crippen LogP contribution is -2.31. The maximum absolute atomic E-state index is 11.0. The lowest BCUT2D eigenvalue weighted by atomic mass is 9.92. The zero-order valence-corrected chi connectivity index (χ0v) is 11.2. The summed E-state index contributed by atoms with van der Waals surface area (Å²) >= 11 is 0. The number of hydrogen-bond acceptors (Lipinski definition) is 4. The molecule has 0 radical (unpaired) electrons. The summed E-state index contributed by atoms with van der Waals surface area (Å²) in [5.74, 6) is -0.505. The average molecular weight is 255 g/mol. The number of nitrogens with one attached hydrogen (secondary N) is 1. The molecule has 0 aromatic heterocycles. The van der Waals surface area contributed by atoms with E-state index in [0.29, 0.717) is 6.54 Å². The van der Waals surface area contributed by atoms with Crippen molar-refractivity contribution in [2.45, 2.75) is 51.1 Å². The van der Waals surface area contributed by atoms with Gasteiger partial charge < -0.3 is 19.5 Å². The summed E-state index contributed by atoms with van der Waals surface area (Å²) in [4.78, 5) is 11.0. The molecule has 1 heterocycles. The smallest absolute Gasteiger partial charge is 0.406 e. The number of rotatable bonds is 3. The number of amides is 1. The van der Waals surface area contributed by atoms with E-state index in [0.717, 1.165) is 19.3 Å². The molecular weight excluding hydrogens is 234 g/mol. The standard InChI is InChI=1S/C13H21NO4/c1-13(2)17-10-6-4-5-9(11(10)18-13)7-8-14-12(15)16-3/h5,10-11H,4,6-8H2,1-3H3,(H,14,15)/t10-,11+/m0/s1. The van der Waals surface area contributed by atoms with Crippen molar-refractivity contribution in [3.05, 3.63) is 11.6 Å². The molecular formula is C13H21NO4. The van der Waals surface area contributed by atoms with Crippen LogP contribution in [0.4, 0.5) is 4.79 Å². The lowest BCUT2D eigenvalue weighted by molar-refractivity contribution is -0.143. The molecule has 0 unspecified atom stereocenters. The number of fused-ring (bicyclic) bond motifs is 1. The van der Waals surface area contributed by atoms with E-state index in [2.05, 4.69) is 16.1 Å². The van der Waals surface area contributed by atoms with Gasteiger partial charge in [-0.25, -0.2) is 4.79 Å². The Hall–Kier alpha value is -1.07. The van der Waals surface area contributed by atoms with Gasteiger partial charge in [-0.1, -0.05) is 6.08 Å². The summed E-state index contributed by atoms with van der Waals surface area (Å²) in [6, 6.07) is 0. The van der Waals surface area contributed by atoms with Crippen molar-refractivity contribution in [2.75, 3.05) is 13.7 Å². The average Bonchev–Trinajstić information content (AvgIpc) is 2.63. The highest BCUT2D eigenvalue weighted by Gasteiger charge is 2.43. The molecule has 1 saturated heterocycles. The molecule has 1 fully saturated rings. The molecule has 102 valence electrons. The monoisotopic (exact) mass is 255 g/mol. The number of allylic oxidation sites excluding steroid dienone is 1. The van der Waals surface area contributed by atoms with Crippen LogP contribution in [0.3, 0.4) is 0 Å². The van der Waals surface area contributed by atoms with E-state index in [-0.39, 0.29) is 12.2 Å². The number of hydrogen-bond donors (Lipinski definition) is 1. The maximum atomic E-state index is 11.0. The molecule has 5 heteroatoms. The molecule has 18 heavy (non-hydrogen) atoms. The van der Waals surface area contributed by atoms with Crippen molar-refractivity contribution in [3.63, 3.8) is 0 Å². The first-order valence-corrected chi connectivity index (χ1v) is 6.38. The van der Waals surface area contributed by atoms with Crippen molar-refractivity contribution in [1.29, 1.82) is 0 Å². The quantitative estimate of drug-likeness (QED) is 0.783. The van der Waals surface area contributed by atoms with Crippen molar-refractivity contribution in [3.8, 4) is 0 Å². The van der Waals surface area contributed by atoms with Gasteiger partial charge in [-0.05, 0) is 38.7 Å². The van der Waals surface area contributed by atoms with Crippen LogP contribution in [0, 0.1) is 0 Å². The van der Waals surface area contributed by atoms with Gasteiger partial charge in [-0.2, -0.15) is 0 Å². The van der Waals surface area contributed by atoms with Gasteiger partial charge in [-0.3, -0.25) is 0 Å². The SMILES string of the molecule is COC(=O)NCCC1=CCC[C@@H]2OC(C)(C)O[C@H]12. The van der Waals surface area contributed by atoms with Crippen LogP contribution in [-0.4, -0.2) is 37.7 Å². The van der Waals surface area contributed by atoms with Crippen LogP contribution in [0.15, 0.2) is 11.6 Å². The Balaban J connectivity index is 1.88. The van der Waals surface area contributed by atoms with Crippen molar-refractivity contribution in [2.24, 2.45) is 0 Å². The Morgan fingerprint density at radius 1 is 1.56 bits per heavy atom. The number of carbonyl (C=O) groups is 1. The first-order chi connectivity index (χ1) is 8.52. The summed E-state index contributed by atoms with van der Waals surface area (Å²) in [5, 5.41) is 2.68. The molecule has 0 aromatic carbocycles. The second-order valence-corrected chi connectivity index (χ2v) is 5.12. The van der Waals surface area contributed by atoms with Gasteiger partial charge in [0.1, 0.15) is 6.10 Å². The summed E-state index contributed by atoms with van der Waals surface area (Å²) < 4.78 is 16.3. The molecule has 0 spiro atoms. The van der Waals surface area contributed by atoms with Crippen LogP contribution < -0.4 is 5.32 Å². The third-order valence-electron chi connectivity index (χ3n) is 3.28. The molecule has 1 amide bonds. The molecule has 0 saturated carbocycles. The Morgan fingerprint density at radius 2 is 2.33 bits per heavy atom. The van der Waals surface area contributed by atoms with Crippen molar-refractivity contribution >= 4 is 6.09 Å². The van der Waals surface area contributed by atoms with E-state index in [1.165, 1.54) is 12.7 Å². The van der Waals surface area contributed by atoms with E-state index in [4.69, 9.17) is 9.47 Å². The minimum absolute atomic E-state index is 0.0354. The first kappa shape index (κ1) is 13.4. The fraction of sp³-hybridized carbons (Fsp3) is 0.769. The Morgan fingerprint density at radius 3 is 3.06 bits per heavy atom. The van der Waals surface area contributed by atoms with Gasteiger partial charge in [0.15, 0.2) is 5.79 Å². The van der Waals surface area contributed by atoms with Gasteiger partial charge in [0.25, 0.3) is 0 Å². The zero-order valence-electron chi connectivity index (χ0n) is 11.2. The van der Waals surface area contributed by atoms with Gasteiger partial charge in [0.05, 0.1) is 13.2 Å². The number of methoxy groups -OCH3 is 1. The molecule has 1 aliphatic carbocycles. The van der Waals surface area contributed by atoms with E-state index in [1.807, 2.05) is 13.8 Å². The highest BCUT2D eigenvalue weighted by atomic mass is 16.7. The molecule has 0 bridgehead atoms. The molecule has 0 aromatic rings. The summed E-state index contributed by atoms with van der Waals surface area (Å²) in [6.45, 7) is 4.44. The molecule has 2 rings (SSSR count). The van der Waals surface area contributed by atoms with Crippen molar-refractivity contribution < 1.29 is 19.0 Å². The highest BCUT2D eigenvalue weighted by molar-refractivity contribution is 5.66. The van der Waals surface area contributed by atoms with Crippen LogP contribution in [0.1, 0.15) is 33.1 Å². The number of ether oxygens (including phenoxy) is 3. The van der Waals surface area contributed by atoms with Gasteiger partial charge in [-0.15, -0.1) is 0 Å². The predicted octanol–water partition coefficient (Wildman–Crippen LogP) is 1.97. The summed E-state index contributed by atoms with van der Waals surface area (Å²) in [6.07, 6.45) is 4.77. The lowest BCUT2D eigenvalue weighted by Gasteiger charge is -2.24. The van der Waals surface area contributed by atoms with Gasteiger partial charge >= 0.3 is 6.09 Å². The van der Waals surface area contributed by atoms with Crippen LogP contribution >= 0.6 is 0 Å². The second kappa shape index (κ2) is 5.28. The van der Waals surface area contributed by atoms with Crippen LogP contribution in [0.2, 0.25) is 0 Å². The summed E-state index contributed by atoms with van der Waals surface area (Å²) in [5.41, 5.74) is 1.22. The highest BCUT2D eigenvalue weighted by Crippen LogP contribution is 2.37. The van der Waals surface area contributed by atoms with Gasteiger partial charge in [0.2, 0.25) is 0 Å². The van der Waals surface area contributed by atoms with E-state index < -0.39 is 11.9 Å². The molecule has 2 aliphatic rings. The fourth-order valence-electron chi connectivity index (χ4n) is 2.54. The first-order valence-electron chi connectivity index (χ1n) is 6.38. The third kappa shape index (κ3) is 3.03. The minimum atomic E-state index is -0.505. The zero-order chi connectivity index (χ0) is 13.2. The van der Waals surface area contributed by atoms with Gasteiger partial charge in [0, 0.05) is 6.54 Å². The maximum Gasteiger partial charge on any atom is 0.406 e. The predicted molar refractivity (Wildman–Crippen MR) is 66.2 cm³/mol. The molecule has 1 N–H and O–H groups in total. The van der Waals surface area contributed by atoms with Crippen LogP contribution in [0.25, 0.3) is 0 Å². The Kier molecular flexibility index (Phi) is 3.92. The fourth-order valence-corrected chi connectivity index (χ4v) is 2.54. The topological polar surface area (TPSA) is 56.8 Å². The Labute approximate surface area is 107 Å². The second-order valence-electron chi connectivity index (χ2n) is 5.12. The Bertz CT molecular complexity index is 351. The van der Waals surface area contributed by atoms with E-state index in [1.54, 1.807) is 0 Å². The molecule has 5 nitrogen and oxygen atoms in total. The van der Waals surface area contributed by atoms with Crippen molar-refractivity contribution in [1.82, 2.24) is 5.32 Å². The van der Waals surface area contributed by atoms with Crippen LogP contribution in [-0.2, 0) is 14.2 Å². The number of carbonyl (C=O) groups excluding carboxylic acids is 1. The normalized spacial score (nSPS) is 29.4. The minimum Gasteiger partial charge on any atom is -0.453 e. The summed E-state index contributed by atoms with van der Waals surface area (Å²) in [7, 11) is 1.36. The van der Waals surface area contributed by atoms with E-state index in [9.17, 15) is 4.79 Å². The number of alkyl carbamates (subject to hydrolysis) is 1. The third-order valence-corrected chi connectivity index (χ3v) is 3.28. The molecule has 1 aliphatic heterocycles. The van der Waals surface area contributed by atoms with E-state index >= 15 is 0 Å². The molecule has 2 atom stereocenters. The largest absolute Gasteiger partial charge is 0.453 e. The van der Waals surface area contributed by atoms with Crippen LogP contribution in [0.5, 0.6) is 0 Å².